The van der Waals surface area contributed by atoms with E-state index in [0.29, 0.717) is 6.61 Å². The second-order valence-corrected chi connectivity index (χ2v) is 7.71. The number of aliphatic hydroxyl groups is 3. The van der Waals surface area contributed by atoms with Crippen molar-refractivity contribution in [2.24, 2.45) is 0 Å². The van der Waals surface area contributed by atoms with E-state index < -0.39 is 31.0 Å². The molecule has 0 aromatic carbocycles. The highest BCUT2D eigenvalue weighted by Gasteiger charge is 2.40. The van der Waals surface area contributed by atoms with Gasteiger partial charge in [0.1, 0.15) is 24.4 Å². The van der Waals surface area contributed by atoms with Gasteiger partial charge in [0.2, 0.25) is 0 Å². The van der Waals surface area contributed by atoms with Crippen molar-refractivity contribution in [3.05, 3.63) is 12.2 Å². The molecule has 1 fully saturated rings. The Bertz CT molecular complexity index is 361. The van der Waals surface area contributed by atoms with E-state index in [0.717, 1.165) is 6.42 Å². The molecule has 0 unspecified atom stereocenters. The smallest absolute Gasteiger partial charge is 0.114 e. The quantitative estimate of drug-likeness (QED) is 0.262. The van der Waals surface area contributed by atoms with Crippen molar-refractivity contribution in [1.29, 1.82) is 0 Å². The summed E-state index contributed by atoms with van der Waals surface area (Å²) in [4.78, 5) is 0. The Morgan fingerprint density at radius 2 is 1.56 bits per heavy atom. The summed E-state index contributed by atoms with van der Waals surface area (Å²) in [7, 11) is 0. The van der Waals surface area contributed by atoms with Gasteiger partial charge in [-0.15, -0.1) is 0 Å². The molecule has 4 atom stereocenters. The van der Waals surface area contributed by atoms with Crippen LogP contribution in [0.4, 0.5) is 0 Å². The molecule has 1 aliphatic rings. The molecule has 1 rings (SSSR count). The van der Waals surface area contributed by atoms with Crippen LogP contribution in [0.2, 0.25) is 0 Å². The van der Waals surface area contributed by atoms with E-state index in [1.165, 1.54) is 70.6 Å². The summed E-state index contributed by atoms with van der Waals surface area (Å²) in [5, 5.41) is 28.5. The maximum Gasteiger partial charge on any atom is 0.114 e. The van der Waals surface area contributed by atoms with Gasteiger partial charge in [0.25, 0.3) is 0 Å². The van der Waals surface area contributed by atoms with Crippen molar-refractivity contribution in [1.82, 2.24) is 0 Å². The second kappa shape index (κ2) is 16.5. The van der Waals surface area contributed by atoms with E-state index in [-0.39, 0.29) is 6.61 Å². The molecule has 5 heteroatoms. The highest BCUT2D eigenvalue weighted by atomic mass is 16.6. The summed E-state index contributed by atoms with van der Waals surface area (Å²) in [6.45, 7) is 2.52. The van der Waals surface area contributed by atoms with Crippen LogP contribution in [-0.2, 0) is 9.47 Å². The molecule has 0 saturated carbocycles. The summed E-state index contributed by atoms with van der Waals surface area (Å²) in [5.74, 6) is 0. The van der Waals surface area contributed by atoms with Crippen molar-refractivity contribution in [2.45, 2.75) is 108 Å². The molecule has 1 heterocycles. The average molecular weight is 387 g/mol. The minimum atomic E-state index is -1.06. The van der Waals surface area contributed by atoms with Crippen LogP contribution in [0, 0.1) is 0 Å². The van der Waals surface area contributed by atoms with Gasteiger partial charge in [-0.2, -0.15) is 0 Å². The molecule has 1 saturated heterocycles. The third-order valence-electron chi connectivity index (χ3n) is 5.28. The Morgan fingerprint density at radius 3 is 2.15 bits per heavy atom. The predicted molar refractivity (Wildman–Crippen MR) is 109 cm³/mol. The van der Waals surface area contributed by atoms with Crippen LogP contribution in [0.3, 0.4) is 0 Å². The molecular formula is C22H42O5. The Kier molecular flexibility index (Phi) is 15.0. The Labute approximate surface area is 165 Å². The fourth-order valence-corrected chi connectivity index (χ4v) is 3.50. The predicted octanol–water partition coefficient (Wildman–Crippen LogP) is 3.74. The van der Waals surface area contributed by atoms with E-state index >= 15 is 0 Å². The summed E-state index contributed by atoms with van der Waals surface area (Å²) in [5.41, 5.74) is 0. The summed E-state index contributed by atoms with van der Waals surface area (Å²) < 4.78 is 10.9. The highest BCUT2D eigenvalue weighted by Crippen LogP contribution is 2.20. The van der Waals surface area contributed by atoms with Crippen LogP contribution in [0.5, 0.6) is 0 Å². The first kappa shape index (κ1) is 24.6. The van der Waals surface area contributed by atoms with Gasteiger partial charge >= 0.3 is 0 Å². The van der Waals surface area contributed by atoms with Crippen molar-refractivity contribution in [3.8, 4) is 0 Å². The Morgan fingerprint density at radius 1 is 0.963 bits per heavy atom. The van der Waals surface area contributed by atoms with Crippen LogP contribution in [0.1, 0.15) is 84.0 Å². The molecule has 0 aromatic heterocycles. The number of hydrogen-bond acceptors (Lipinski definition) is 5. The standard InChI is InChI=1S/C22H42O5/c1-2-3-4-5-6-7-8-9-10-11-12-13-14-15-16-26-20-18-27-22(21(20)25)19(24)17-23/h14-15,19-25H,2-13,16-18H2,1H3/b15-14+/t19-,20+,21+,22+/m1/s1. The number of ether oxygens (including phenoxy) is 2. The molecule has 1 aliphatic heterocycles. The van der Waals surface area contributed by atoms with Gasteiger partial charge in [-0.3, -0.25) is 0 Å². The molecule has 0 radical (unpaired) electrons. The lowest BCUT2D eigenvalue weighted by molar-refractivity contribution is -0.0716. The van der Waals surface area contributed by atoms with E-state index in [2.05, 4.69) is 13.0 Å². The lowest BCUT2D eigenvalue weighted by atomic mass is 10.1. The van der Waals surface area contributed by atoms with Gasteiger partial charge in [0.15, 0.2) is 0 Å². The zero-order chi connectivity index (χ0) is 19.7. The van der Waals surface area contributed by atoms with Crippen molar-refractivity contribution in [3.63, 3.8) is 0 Å². The van der Waals surface area contributed by atoms with Crippen molar-refractivity contribution < 1.29 is 24.8 Å². The monoisotopic (exact) mass is 386 g/mol. The zero-order valence-corrected chi connectivity index (χ0v) is 17.2. The lowest BCUT2D eigenvalue weighted by Gasteiger charge is -2.20. The molecule has 0 spiro atoms. The first-order valence-corrected chi connectivity index (χ1v) is 11.1. The van der Waals surface area contributed by atoms with Crippen LogP contribution in [0.25, 0.3) is 0 Å². The zero-order valence-electron chi connectivity index (χ0n) is 17.2. The largest absolute Gasteiger partial charge is 0.394 e. The molecule has 0 aliphatic carbocycles. The molecule has 160 valence electrons. The lowest BCUT2D eigenvalue weighted by Crippen LogP contribution is -2.41. The molecule has 0 aromatic rings. The topological polar surface area (TPSA) is 79.2 Å². The first-order chi connectivity index (χ1) is 13.2. The molecule has 27 heavy (non-hydrogen) atoms. The second-order valence-electron chi connectivity index (χ2n) is 7.71. The molecular weight excluding hydrogens is 344 g/mol. The van der Waals surface area contributed by atoms with E-state index in [4.69, 9.17) is 14.6 Å². The van der Waals surface area contributed by atoms with E-state index in [1.54, 1.807) is 0 Å². The number of rotatable bonds is 17. The SMILES string of the molecule is CCCCCCCCCCCCC/C=C/CO[C@H]1CO[C@@H]([C@H](O)CO)[C@H]1O. The molecule has 5 nitrogen and oxygen atoms in total. The minimum Gasteiger partial charge on any atom is -0.394 e. The van der Waals surface area contributed by atoms with E-state index in [1.807, 2.05) is 6.08 Å². The molecule has 0 bridgehead atoms. The number of hydrogen-bond donors (Lipinski definition) is 3. The minimum absolute atomic E-state index is 0.245. The molecule has 0 amide bonds. The fraction of sp³-hybridized carbons (Fsp3) is 0.909. The summed E-state index contributed by atoms with van der Waals surface area (Å²) in [6, 6.07) is 0. The molecule has 3 N–H and O–H groups in total. The van der Waals surface area contributed by atoms with Crippen LogP contribution < -0.4 is 0 Å². The van der Waals surface area contributed by atoms with Gasteiger partial charge in [0.05, 0.1) is 19.8 Å². The Balaban J connectivity index is 1.89. The maximum atomic E-state index is 10.0. The normalized spacial score (nSPS) is 24.1. The van der Waals surface area contributed by atoms with Crippen molar-refractivity contribution in [2.75, 3.05) is 19.8 Å². The summed E-state index contributed by atoms with van der Waals surface area (Å²) >= 11 is 0. The van der Waals surface area contributed by atoms with E-state index in [9.17, 15) is 10.2 Å². The average Bonchev–Trinajstić information content (AvgIpc) is 3.04. The Hall–Kier alpha value is -0.460. The number of unbranched alkanes of at least 4 members (excludes halogenated alkanes) is 11. The van der Waals surface area contributed by atoms with Gasteiger partial charge in [-0.1, -0.05) is 83.3 Å². The number of allylic oxidation sites excluding steroid dienone is 1. The fourth-order valence-electron chi connectivity index (χ4n) is 3.50. The number of aliphatic hydroxyl groups excluding tert-OH is 3. The third-order valence-corrected chi connectivity index (χ3v) is 5.28. The third kappa shape index (κ3) is 11.2. The summed E-state index contributed by atoms with van der Waals surface area (Å²) in [6.07, 6.45) is 16.9. The van der Waals surface area contributed by atoms with Crippen molar-refractivity contribution >= 4 is 0 Å². The van der Waals surface area contributed by atoms with Gasteiger partial charge < -0.3 is 24.8 Å². The van der Waals surface area contributed by atoms with Gasteiger partial charge in [-0.05, 0) is 12.8 Å². The van der Waals surface area contributed by atoms with Crippen LogP contribution >= 0.6 is 0 Å². The van der Waals surface area contributed by atoms with Gasteiger partial charge in [-0.25, -0.2) is 0 Å². The highest BCUT2D eigenvalue weighted by molar-refractivity contribution is 4.90. The maximum absolute atomic E-state index is 10.0. The van der Waals surface area contributed by atoms with Crippen LogP contribution in [0.15, 0.2) is 12.2 Å². The first-order valence-electron chi connectivity index (χ1n) is 11.1. The van der Waals surface area contributed by atoms with Gasteiger partial charge in [0, 0.05) is 0 Å². The van der Waals surface area contributed by atoms with Crippen LogP contribution in [-0.4, -0.2) is 59.6 Å².